The maximum atomic E-state index is 13.4. The van der Waals surface area contributed by atoms with Crippen molar-refractivity contribution >= 4 is 0 Å². The van der Waals surface area contributed by atoms with Gasteiger partial charge in [0.1, 0.15) is 0 Å². The Kier molecular flexibility index (Phi) is 2.57. The van der Waals surface area contributed by atoms with Crippen LogP contribution in [0.15, 0.2) is 16.7 Å². The van der Waals surface area contributed by atoms with Gasteiger partial charge >= 0.3 is 0 Å². The monoisotopic (exact) mass is 223 g/mol. The Bertz CT molecular complexity index is 525. The molecule has 16 heavy (non-hydrogen) atoms. The molecule has 6 heteroatoms. The molecular formula is C10H10FN3O2. The molecule has 2 rings (SSSR count). The molecule has 1 aromatic carbocycles. The van der Waals surface area contributed by atoms with Gasteiger partial charge in [0.2, 0.25) is 11.7 Å². The second-order valence-electron chi connectivity index (χ2n) is 3.31. The van der Waals surface area contributed by atoms with Crippen molar-refractivity contribution in [2.75, 3.05) is 0 Å². The molecule has 1 heterocycles. The molecule has 0 aliphatic heterocycles. The van der Waals surface area contributed by atoms with E-state index in [9.17, 15) is 9.50 Å². The number of hydrogen-bond donors (Lipinski definition) is 2. The molecule has 5 nitrogen and oxygen atoms in total. The maximum Gasteiger partial charge on any atom is 0.240 e. The molecule has 0 spiro atoms. The van der Waals surface area contributed by atoms with Crippen molar-refractivity contribution in [3.63, 3.8) is 0 Å². The minimum absolute atomic E-state index is 0.0993. The number of aromatic hydroxyl groups is 1. The number of nitrogens with zero attached hydrogens (tertiary/aromatic N) is 2. The van der Waals surface area contributed by atoms with Gasteiger partial charge in [-0.3, -0.25) is 0 Å². The van der Waals surface area contributed by atoms with Gasteiger partial charge in [-0.15, -0.1) is 0 Å². The number of halogens is 1. The Morgan fingerprint density at radius 2 is 2.25 bits per heavy atom. The van der Waals surface area contributed by atoms with Crippen LogP contribution in [0.25, 0.3) is 11.4 Å². The first-order chi connectivity index (χ1) is 7.63. The van der Waals surface area contributed by atoms with Crippen molar-refractivity contribution in [3.8, 4) is 17.1 Å². The van der Waals surface area contributed by atoms with E-state index in [2.05, 4.69) is 10.1 Å². The smallest absolute Gasteiger partial charge is 0.240 e. The lowest BCUT2D eigenvalue weighted by Crippen LogP contribution is -1.96. The summed E-state index contributed by atoms with van der Waals surface area (Å²) in [5, 5.41) is 13.2. The van der Waals surface area contributed by atoms with Crippen molar-refractivity contribution in [3.05, 3.63) is 29.4 Å². The van der Waals surface area contributed by atoms with Gasteiger partial charge in [-0.2, -0.15) is 4.98 Å². The van der Waals surface area contributed by atoms with Crippen LogP contribution < -0.4 is 5.73 Å². The largest absolute Gasteiger partial charge is 0.504 e. The van der Waals surface area contributed by atoms with Crippen molar-refractivity contribution in [1.82, 2.24) is 10.1 Å². The number of nitrogens with two attached hydrogens (primary N) is 1. The summed E-state index contributed by atoms with van der Waals surface area (Å²) >= 11 is 0. The quantitative estimate of drug-likeness (QED) is 0.802. The summed E-state index contributed by atoms with van der Waals surface area (Å²) in [6, 6.07) is 3.06. The van der Waals surface area contributed by atoms with Crippen LogP contribution in [0.3, 0.4) is 0 Å². The van der Waals surface area contributed by atoms with E-state index < -0.39 is 11.6 Å². The highest BCUT2D eigenvalue weighted by Crippen LogP contribution is 2.30. The van der Waals surface area contributed by atoms with Crippen LogP contribution in [0, 0.1) is 12.7 Å². The van der Waals surface area contributed by atoms with Gasteiger partial charge in [0.25, 0.3) is 0 Å². The van der Waals surface area contributed by atoms with Crippen molar-refractivity contribution in [2.45, 2.75) is 13.5 Å². The van der Waals surface area contributed by atoms with Crippen LogP contribution in [0.4, 0.5) is 4.39 Å². The number of aromatic nitrogens is 2. The molecule has 0 fully saturated rings. The Balaban J connectivity index is 2.52. The first-order valence-electron chi connectivity index (χ1n) is 4.64. The van der Waals surface area contributed by atoms with Gasteiger partial charge in [0.05, 0.1) is 12.1 Å². The molecule has 84 valence electrons. The Hall–Kier alpha value is -1.95. The van der Waals surface area contributed by atoms with E-state index in [0.717, 1.165) is 0 Å². The fourth-order valence-electron chi connectivity index (χ4n) is 1.29. The fourth-order valence-corrected chi connectivity index (χ4v) is 1.29. The van der Waals surface area contributed by atoms with Crippen LogP contribution in [-0.4, -0.2) is 15.2 Å². The molecule has 0 atom stereocenters. The van der Waals surface area contributed by atoms with E-state index in [1.165, 1.54) is 12.1 Å². The summed E-state index contributed by atoms with van der Waals surface area (Å²) < 4.78 is 18.2. The normalized spacial score (nSPS) is 10.7. The zero-order valence-corrected chi connectivity index (χ0v) is 8.57. The standard InChI is InChI=1S/C10H10FN3O2/c1-5-2-3-6(9(15)8(5)11)10-13-7(4-12)16-14-10/h2-3,15H,4,12H2,1H3. The summed E-state index contributed by atoms with van der Waals surface area (Å²) in [5.41, 5.74) is 5.84. The summed E-state index contributed by atoms with van der Waals surface area (Å²) in [5.74, 6) is -0.812. The SMILES string of the molecule is Cc1ccc(-c2noc(CN)n2)c(O)c1F. The van der Waals surface area contributed by atoms with E-state index in [1.54, 1.807) is 6.92 Å². The summed E-state index contributed by atoms with van der Waals surface area (Å²) in [6.07, 6.45) is 0. The molecule has 0 radical (unpaired) electrons. The van der Waals surface area contributed by atoms with E-state index in [0.29, 0.717) is 5.56 Å². The predicted molar refractivity (Wildman–Crippen MR) is 54.0 cm³/mol. The van der Waals surface area contributed by atoms with Gasteiger partial charge in [-0.05, 0) is 18.6 Å². The molecule has 0 bridgehead atoms. The van der Waals surface area contributed by atoms with Crippen molar-refractivity contribution in [1.29, 1.82) is 0 Å². The molecule has 0 unspecified atom stereocenters. The zero-order chi connectivity index (χ0) is 11.7. The Morgan fingerprint density at radius 3 is 2.88 bits per heavy atom. The fraction of sp³-hybridized carbons (Fsp3) is 0.200. The number of phenolic OH excluding ortho intramolecular Hbond substituents is 1. The van der Waals surface area contributed by atoms with Gasteiger partial charge in [0, 0.05) is 0 Å². The third-order valence-corrected chi connectivity index (χ3v) is 2.19. The summed E-state index contributed by atoms with van der Waals surface area (Å²) in [4.78, 5) is 3.90. The van der Waals surface area contributed by atoms with Gasteiger partial charge < -0.3 is 15.4 Å². The number of aryl methyl sites for hydroxylation is 1. The molecule has 0 saturated carbocycles. The first-order valence-corrected chi connectivity index (χ1v) is 4.64. The Morgan fingerprint density at radius 1 is 1.50 bits per heavy atom. The molecule has 2 aromatic rings. The molecule has 0 amide bonds. The lowest BCUT2D eigenvalue weighted by atomic mass is 10.1. The number of rotatable bonds is 2. The highest BCUT2D eigenvalue weighted by molar-refractivity contribution is 5.64. The van der Waals surface area contributed by atoms with Crippen LogP contribution in [0.5, 0.6) is 5.75 Å². The third-order valence-electron chi connectivity index (χ3n) is 2.19. The lowest BCUT2D eigenvalue weighted by molar-refractivity contribution is 0.380. The second-order valence-corrected chi connectivity index (χ2v) is 3.31. The molecule has 0 aliphatic carbocycles. The van der Waals surface area contributed by atoms with Crippen LogP contribution >= 0.6 is 0 Å². The lowest BCUT2D eigenvalue weighted by Gasteiger charge is -2.02. The van der Waals surface area contributed by atoms with Crippen molar-refractivity contribution in [2.24, 2.45) is 5.73 Å². The summed E-state index contributed by atoms with van der Waals surface area (Å²) in [7, 11) is 0. The van der Waals surface area contributed by atoms with E-state index >= 15 is 0 Å². The number of phenols is 1. The van der Waals surface area contributed by atoms with E-state index in [4.69, 9.17) is 10.3 Å². The van der Waals surface area contributed by atoms with Gasteiger partial charge in [0.15, 0.2) is 11.6 Å². The van der Waals surface area contributed by atoms with Gasteiger partial charge in [-0.1, -0.05) is 11.2 Å². The van der Waals surface area contributed by atoms with Crippen LogP contribution in [-0.2, 0) is 6.54 Å². The highest BCUT2D eigenvalue weighted by atomic mass is 19.1. The highest BCUT2D eigenvalue weighted by Gasteiger charge is 2.16. The first kappa shape index (κ1) is 10.6. The maximum absolute atomic E-state index is 13.4. The Labute approximate surface area is 90.7 Å². The van der Waals surface area contributed by atoms with Crippen LogP contribution in [0.2, 0.25) is 0 Å². The average molecular weight is 223 g/mol. The number of benzene rings is 1. The van der Waals surface area contributed by atoms with Crippen LogP contribution in [0.1, 0.15) is 11.5 Å². The minimum Gasteiger partial charge on any atom is -0.504 e. The zero-order valence-electron chi connectivity index (χ0n) is 8.57. The molecular weight excluding hydrogens is 213 g/mol. The third kappa shape index (κ3) is 1.63. The molecule has 0 aliphatic rings. The molecule has 0 saturated heterocycles. The average Bonchev–Trinajstić information content (AvgIpc) is 2.74. The van der Waals surface area contributed by atoms with Crippen molar-refractivity contribution < 1.29 is 14.0 Å². The molecule has 1 aromatic heterocycles. The molecule has 3 N–H and O–H groups in total. The van der Waals surface area contributed by atoms with E-state index in [-0.39, 0.29) is 23.8 Å². The van der Waals surface area contributed by atoms with Gasteiger partial charge in [-0.25, -0.2) is 4.39 Å². The topological polar surface area (TPSA) is 85.2 Å². The summed E-state index contributed by atoms with van der Waals surface area (Å²) in [6.45, 7) is 1.66. The van der Waals surface area contributed by atoms with E-state index in [1.807, 2.05) is 0 Å². The minimum atomic E-state index is -0.684. The number of hydrogen-bond acceptors (Lipinski definition) is 5. The second kappa shape index (κ2) is 3.90. The predicted octanol–water partition coefficient (Wildman–Crippen LogP) is 1.35.